The van der Waals surface area contributed by atoms with Gasteiger partial charge < -0.3 is 36.6 Å². The maximum atomic E-state index is 14.7. The van der Waals surface area contributed by atoms with Crippen LogP contribution in [-0.2, 0) is 33.5 Å². The standard InChI is InChI=1S/C41H62N8O7S/c1-22(2)29-35(52)46-30(23(3)4)36(53)49-32(40(6,7)8)34(43-21-27(50)45-29)48-33(41(9,10)11)38(55)47-31(24(5)25-16-14-13-15-17-25)37(54)44-26(20-28(51)56-12)39-42-18-19-57-39/h13-19,22-24,26,29-33H,20-21H2,1-12H3,(H,43,48)(H,44,54)(H,45,50)(H,46,52)(H,47,55)(H,49,53)/t24-,26+,29-,30-,31?,32+,33+/m0/s1. The highest BCUT2D eigenvalue weighted by Gasteiger charge is 2.42. The van der Waals surface area contributed by atoms with E-state index in [2.05, 4.69) is 41.9 Å². The van der Waals surface area contributed by atoms with Crippen LogP contribution in [0, 0.1) is 22.7 Å². The third-order valence-corrected chi connectivity index (χ3v) is 10.7. The van der Waals surface area contributed by atoms with E-state index < -0.39 is 95.0 Å². The lowest BCUT2D eigenvalue weighted by molar-refractivity contribution is -0.141. The zero-order chi connectivity index (χ0) is 42.8. The van der Waals surface area contributed by atoms with Crippen LogP contribution in [0.4, 0.5) is 0 Å². The number of nitrogens with zero attached hydrogens (tertiary/aromatic N) is 2. The Morgan fingerprint density at radius 3 is 1.98 bits per heavy atom. The highest BCUT2D eigenvalue weighted by atomic mass is 32.1. The van der Waals surface area contributed by atoms with Crippen LogP contribution in [0.25, 0.3) is 0 Å². The number of aliphatic imine (C=N–C) groups is 1. The average Bonchev–Trinajstić information content (AvgIpc) is 3.67. The van der Waals surface area contributed by atoms with Crippen LogP contribution in [0.1, 0.15) is 105 Å². The van der Waals surface area contributed by atoms with Crippen LogP contribution >= 0.6 is 11.3 Å². The highest BCUT2D eigenvalue weighted by molar-refractivity contribution is 7.09. The molecule has 1 aliphatic heterocycles. The fourth-order valence-electron chi connectivity index (χ4n) is 6.38. The van der Waals surface area contributed by atoms with Gasteiger partial charge in [0.25, 0.3) is 0 Å². The number of carbonyl (C=O) groups excluding carboxylic acids is 6. The summed E-state index contributed by atoms with van der Waals surface area (Å²) in [6.07, 6.45) is 1.40. The predicted molar refractivity (Wildman–Crippen MR) is 220 cm³/mol. The molecule has 57 heavy (non-hydrogen) atoms. The lowest BCUT2D eigenvalue weighted by Gasteiger charge is -2.39. The Bertz CT molecular complexity index is 1730. The number of hydrogen-bond acceptors (Lipinski definition) is 11. The number of thiazole rings is 1. The van der Waals surface area contributed by atoms with Crippen molar-refractivity contribution in [1.82, 2.24) is 36.9 Å². The third kappa shape index (κ3) is 13.1. The van der Waals surface area contributed by atoms with E-state index in [4.69, 9.17) is 4.74 Å². The van der Waals surface area contributed by atoms with E-state index in [0.717, 1.165) is 5.56 Å². The molecule has 1 aliphatic rings. The molecule has 314 valence electrons. The van der Waals surface area contributed by atoms with E-state index in [1.54, 1.807) is 25.4 Å². The summed E-state index contributed by atoms with van der Waals surface area (Å²) in [7, 11) is 1.26. The molecular weight excluding hydrogens is 749 g/mol. The number of benzene rings is 1. The van der Waals surface area contributed by atoms with Gasteiger partial charge in [0.05, 0.1) is 25.6 Å². The van der Waals surface area contributed by atoms with Gasteiger partial charge in [0.2, 0.25) is 29.5 Å². The van der Waals surface area contributed by atoms with Crippen molar-refractivity contribution in [3.05, 3.63) is 52.5 Å². The molecule has 15 nitrogen and oxygen atoms in total. The summed E-state index contributed by atoms with van der Waals surface area (Å²) in [5, 5.41) is 20.2. The second-order valence-electron chi connectivity index (χ2n) is 17.4. The first-order valence-electron chi connectivity index (χ1n) is 19.4. The summed E-state index contributed by atoms with van der Waals surface area (Å²) in [5.74, 6) is -4.03. The average molecular weight is 811 g/mol. The quantitative estimate of drug-likeness (QED) is 0.174. The van der Waals surface area contributed by atoms with E-state index in [-0.39, 0.29) is 24.1 Å². The van der Waals surface area contributed by atoms with Crippen molar-refractivity contribution in [2.24, 2.45) is 27.7 Å². The molecular formula is C41H62N8O7S. The van der Waals surface area contributed by atoms with E-state index in [1.165, 1.54) is 18.4 Å². The minimum absolute atomic E-state index is 0.172. The highest BCUT2D eigenvalue weighted by Crippen LogP contribution is 2.27. The second-order valence-corrected chi connectivity index (χ2v) is 18.3. The first-order chi connectivity index (χ1) is 26.5. The molecule has 0 radical (unpaired) electrons. The maximum absolute atomic E-state index is 14.7. The van der Waals surface area contributed by atoms with E-state index in [9.17, 15) is 28.8 Å². The van der Waals surface area contributed by atoms with Crippen molar-refractivity contribution >= 4 is 52.7 Å². The number of aromatic nitrogens is 1. The van der Waals surface area contributed by atoms with Crippen LogP contribution in [0.5, 0.6) is 0 Å². The van der Waals surface area contributed by atoms with Gasteiger partial charge in [0.1, 0.15) is 41.6 Å². The van der Waals surface area contributed by atoms with Crippen LogP contribution < -0.4 is 31.9 Å². The molecule has 0 saturated heterocycles. The number of nitrogens with one attached hydrogen (secondary N) is 6. The molecule has 0 spiro atoms. The molecule has 1 unspecified atom stereocenters. The Morgan fingerprint density at radius 2 is 1.46 bits per heavy atom. The number of ether oxygens (including phenoxy) is 1. The largest absolute Gasteiger partial charge is 0.469 e. The van der Waals surface area contributed by atoms with E-state index >= 15 is 0 Å². The third-order valence-electron chi connectivity index (χ3n) is 9.82. The number of hydrogen-bond donors (Lipinski definition) is 6. The van der Waals surface area contributed by atoms with Crippen LogP contribution in [0.15, 0.2) is 46.9 Å². The zero-order valence-electron chi connectivity index (χ0n) is 35.3. The van der Waals surface area contributed by atoms with Crippen LogP contribution in [-0.4, -0.2) is 90.2 Å². The van der Waals surface area contributed by atoms with Gasteiger partial charge in [0, 0.05) is 17.5 Å². The topological polar surface area (TPSA) is 209 Å². The molecule has 0 aliphatic carbocycles. The van der Waals surface area contributed by atoms with Gasteiger partial charge in [-0.1, -0.05) is 106 Å². The molecule has 0 saturated carbocycles. The molecule has 16 heteroatoms. The van der Waals surface area contributed by atoms with Gasteiger partial charge in [-0.2, -0.15) is 0 Å². The lowest BCUT2D eigenvalue weighted by Crippen LogP contribution is -2.65. The number of methoxy groups -OCH3 is 1. The predicted octanol–water partition coefficient (Wildman–Crippen LogP) is 3.38. The fourth-order valence-corrected chi connectivity index (χ4v) is 7.07. The van der Waals surface area contributed by atoms with Crippen LogP contribution in [0.3, 0.4) is 0 Å². The van der Waals surface area contributed by atoms with Gasteiger partial charge in [0.15, 0.2) is 0 Å². The normalized spacial score (nSPS) is 20.6. The van der Waals surface area contributed by atoms with Crippen molar-refractivity contribution in [3.63, 3.8) is 0 Å². The first-order valence-corrected chi connectivity index (χ1v) is 20.3. The van der Waals surface area contributed by atoms with E-state index in [0.29, 0.717) is 5.01 Å². The number of esters is 1. The van der Waals surface area contributed by atoms with Crippen molar-refractivity contribution in [2.75, 3.05) is 13.7 Å². The molecule has 5 amide bonds. The van der Waals surface area contributed by atoms with Crippen molar-refractivity contribution in [2.45, 2.75) is 125 Å². The lowest BCUT2D eigenvalue weighted by atomic mass is 9.82. The Morgan fingerprint density at radius 1 is 0.860 bits per heavy atom. The second kappa shape index (κ2) is 20.0. The van der Waals surface area contributed by atoms with Crippen LogP contribution in [0.2, 0.25) is 0 Å². The van der Waals surface area contributed by atoms with Crippen molar-refractivity contribution in [3.8, 4) is 0 Å². The van der Waals surface area contributed by atoms with Gasteiger partial charge in [-0.05, 0) is 28.2 Å². The Kier molecular flexibility index (Phi) is 16.3. The van der Waals surface area contributed by atoms with Crippen molar-refractivity contribution in [1.29, 1.82) is 0 Å². The molecule has 0 bridgehead atoms. The summed E-state index contributed by atoms with van der Waals surface area (Å²) in [6.45, 7) is 19.9. The molecule has 1 aromatic heterocycles. The summed E-state index contributed by atoms with van der Waals surface area (Å²) in [4.78, 5) is 91.2. The Labute approximate surface area is 340 Å². The Balaban J connectivity index is 2.10. The number of rotatable bonds is 12. The minimum Gasteiger partial charge on any atom is -0.469 e. The smallest absolute Gasteiger partial charge is 0.308 e. The molecule has 2 aromatic rings. The molecule has 6 N–H and O–H groups in total. The van der Waals surface area contributed by atoms with Crippen molar-refractivity contribution < 1.29 is 33.5 Å². The SMILES string of the molecule is COC(=O)C[C@@H](NC(=O)C(NC(=O)[C@@H](NC1=NCC(=O)N[C@@H](C(C)C)C(=O)N[C@@H](C(C)C)C(=O)N[C@H]1C(C)(C)C)C(C)(C)C)[C@@H](C)c1ccccc1)c1nccs1. The molecule has 0 fully saturated rings. The summed E-state index contributed by atoms with van der Waals surface area (Å²) in [5.41, 5.74) is -0.733. The van der Waals surface area contributed by atoms with Gasteiger partial charge in [-0.3, -0.25) is 33.8 Å². The molecule has 1 aromatic carbocycles. The molecule has 7 atom stereocenters. The molecule has 3 rings (SSSR count). The van der Waals surface area contributed by atoms with Gasteiger partial charge in [-0.25, -0.2) is 4.98 Å². The monoisotopic (exact) mass is 810 g/mol. The molecule has 2 heterocycles. The van der Waals surface area contributed by atoms with E-state index in [1.807, 2.05) is 92.6 Å². The Hall–Kier alpha value is -4.86. The summed E-state index contributed by atoms with van der Waals surface area (Å²) in [6, 6.07) is 3.56. The fraction of sp³-hybridized carbons (Fsp3) is 0.610. The first kappa shape index (κ1) is 46.5. The number of amidine groups is 1. The van der Waals surface area contributed by atoms with Gasteiger partial charge in [-0.15, -0.1) is 11.3 Å². The van der Waals surface area contributed by atoms with Gasteiger partial charge >= 0.3 is 5.97 Å². The minimum atomic E-state index is -1.13. The maximum Gasteiger partial charge on any atom is 0.308 e. The number of amides is 5. The summed E-state index contributed by atoms with van der Waals surface area (Å²) < 4.78 is 4.90. The zero-order valence-corrected chi connectivity index (χ0v) is 36.1. The summed E-state index contributed by atoms with van der Waals surface area (Å²) >= 11 is 1.27. The number of carbonyl (C=O) groups is 6.